The molecule has 0 spiro atoms. The Labute approximate surface area is 212 Å². The highest BCUT2D eigenvalue weighted by Crippen LogP contribution is 2.35. The fraction of sp³-hybridized carbons (Fsp3) is 0.258. The molecule has 1 unspecified atom stereocenters. The highest BCUT2D eigenvalue weighted by atomic mass is 19.1. The number of halogens is 1. The van der Waals surface area contributed by atoms with Crippen LogP contribution in [0.25, 0.3) is 21.9 Å². The van der Waals surface area contributed by atoms with Gasteiger partial charge < -0.3 is 14.8 Å². The molecule has 4 rings (SSSR count). The fourth-order valence-corrected chi connectivity index (χ4v) is 4.43. The number of hydrogen-bond donors (Lipinski definition) is 1. The minimum absolute atomic E-state index is 0.00193. The summed E-state index contributed by atoms with van der Waals surface area (Å²) >= 11 is 0. The highest BCUT2D eigenvalue weighted by Gasteiger charge is 2.18. The van der Waals surface area contributed by atoms with E-state index in [1.54, 1.807) is 33.1 Å². The van der Waals surface area contributed by atoms with Crippen molar-refractivity contribution in [3.63, 3.8) is 0 Å². The predicted molar refractivity (Wildman–Crippen MR) is 143 cm³/mol. The van der Waals surface area contributed by atoms with Gasteiger partial charge in [0.1, 0.15) is 11.6 Å². The van der Waals surface area contributed by atoms with Crippen LogP contribution in [0, 0.1) is 5.82 Å². The Hall–Kier alpha value is -3.70. The Bertz CT molecular complexity index is 1380. The second-order valence-electron chi connectivity index (χ2n) is 9.32. The molecule has 1 N–H and O–H groups in total. The Kier molecular flexibility index (Phi) is 7.70. The average Bonchev–Trinajstić information content (AvgIpc) is 2.87. The highest BCUT2D eigenvalue weighted by molar-refractivity contribution is 5.98. The molecular weight excluding hydrogens is 453 g/mol. The van der Waals surface area contributed by atoms with Crippen molar-refractivity contribution >= 4 is 16.7 Å². The number of esters is 1. The molecule has 0 saturated heterocycles. The van der Waals surface area contributed by atoms with Crippen molar-refractivity contribution in [2.45, 2.75) is 45.9 Å². The van der Waals surface area contributed by atoms with Gasteiger partial charge in [0.15, 0.2) is 0 Å². The number of methoxy groups -OCH3 is 1. The molecule has 36 heavy (non-hydrogen) atoms. The SMILES string of the molecule is COc1cccc([C@@H](C)NC(C)c2cc(-c3ccc(C(=O)OC(C)C)cc3F)c3ccccc3c2)c1. The number of nitrogens with one attached hydrogen (secondary N) is 1. The molecule has 2 atom stereocenters. The van der Waals surface area contributed by atoms with Gasteiger partial charge in [0, 0.05) is 17.6 Å². The van der Waals surface area contributed by atoms with Crippen molar-refractivity contribution in [1.82, 2.24) is 5.32 Å². The smallest absolute Gasteiger partial charge is 0.338 e. The predicted octanol–water partition coefficient (Wildman–Crippen LogP) is 7.63. The van der Waals surface area contributed by atoms with E-state index in [1.807, 2.05) is 48.5 Å². The number of benzene rings is 4. The molecule has 186 valence electrons. The van der Waals surface area contributed by atoms with E-state index in [9.17, 15) is 4.79 Å². The van der Waals surface area contributed by atoms with Crippen LogP contribution in [0.4, 0.5) is 4.39 Å². The first-order chi connectivity index (χ1) is 17.3. The molecule has 5 heteroatoms. The zero-order valence-electron chi connectivity index (χ0n) is 21.3. The lowest BCUT2D eigenvalue weighted by molar-refractivity contribution is 0.0377. The van der Waals surface area contributed by atoms with Gasteiger partial charge in [-0.2, -0.15) is 0 Å². The maximum atomic E-state index is 15.4. The topological polar surface area (TPSA) is 47.6 Å². The van der Waals surface area contributed by atoms with Gasteiger partial charge in [-0.1, -0.05) is 42.5 Å². The van der Waals surface area contributed by atoms with Crippen molar-refractivity contribution in [3.8, 4) is 16.9 Å². The van der Waals surface area contributed by atoms with Gasteiger partial charge >= 0.3 is 5.97 Å². The van der Waals surface area contributed by atoms with E-state index in [4.69, 9.17) is 9.47 Å². The third-order valence-electron chi connectivity index (χ3n) is 6.32. The monoisotopic (exact) mass is 485 g/mol. The van der Waals surface area contributed by atoms with Crippen molar-refractivity contribution in [3.05, 3.63) is 101 Å². The molecule has 4 aromatic carbocycles. The number of carbonyl (C=O) groups is 1. The molecule has 0 aromatic heterocycles. The zero-order chi connectivity index (χ0) is 25.8. The summed E-state index contributed by atoms with van der Waals surface area (Å²) < 4.78 is 26.0. The number of carbonyl (C=O) groups excluding carboxylic acids is 1. The van der Waals surface area contributed by atoms with E-state index in [2.05, 4.69) is 31.3 Å². The van der Waals surface area contributed by atoms with E-state index in [1.165, 1.54) is 6.07 Å². The van der Waals surface area contributed by atoms with Crippen molar-refractivity contribution < 1.29 is 18.7 Å². The molecule has 0 radical (unpaired) electrons. The van der Waals surface area contributed by atoms with Crippen LogP contribution in [0.1, 0.15) is 61.3 Å². The summed E-state index contributed by atoms with van der Waals surface area (Å²) in [4.78, 5) is 12.3. The van der Waals surface area contributed by atoms with Gasteiger partial charge in [-0.15, -0.1) is 0 Å². The molecule has 0 aliphatic rings. The third kappa shape index (κ3) is 5.58. The summed E-state index contributed by atoms with van der Waals surface area (Å²) in [5.41, 5.74) is 3.60. The lowest BCUT2D eigenvalue weighted by atomic mass is 9.92. The number of ether oxygens (including phenoxy) is 2. The van der Waals surface area contributed by atoms with Crippen LogP contribution in [0.15, 0.2) is 78.9 Å². The summed E-state index contributed by atoms with van der Waals surface area (Å²) in [6.07, 6.45) is -0.269. The van der Waals surface area contributed by atoms with Crippen molar-refractivity contribution in [2.75, 3.05) is 7.11 Å². The number of fused-ring (bicyclic) bond motifs is 1. The second kappa shape index (κ2) is 10.9. The lowest BCUT2D eigenvalue weighted by Crippen LogP contribution is -2.22. The standard InChI is InChI=1S/C31H32FNO3/c1-19(2)36-31(34)24-13-14-28(30(32)18-24)29-17-25(15-23-9-6-7-12-27(23)29)21(4)33-20(3)22-10-8-11-26(16-22)35-5/h6-21,33H,1-5H3/t20-,21?/m1/s1. The van der Waals surface area contributed by atoms with Crippen LogP contribution in [0.3, 0.4) is 0 Å². The summed E-state index contributed by atoms with van der Waals surface area (Å²) in [5, 5.41) is 5.63. The Morgan fingerprint density at radius 1 is 0.806 bits per heavy atom. The molecule has 0 fully saturated rings. The lowest BCUT2D eigenvalue weighted by Gasteiger charge is -2.22. The summed E-state index contributed by atoms with van der Waals surface area (Å²) in [6.45, 7) is 7.75. The summed E-state index contributed by atoms with van der Waals surface area (Å²) in [6, 6.07) is 24.7. The quantitative estimate of drug-likeness (QED) is 0.261. The molecule has 4 nitrogen and oxygen atoms in total. The Morgan fingerprint density at radius 3 is 2.28 bits per heavy atom. The van der Waals surface area contributed by atoms with Gasteiger partial charge in [0.25, 0.3) is 0 Å². The van der Waals surface area contributed by atoms with E-state index in [0.29, 0.717) is 5.56 Å². The van der Waals surface area contributed by atoms with Crippen molar-refractivity contribution in [1.29, 1.82) is 0 Å². The molecular formula is C31H32FNO3. The second-order valence-corrected chi connectivity index (χ2v) is 9.32. The first-order valence-electron chi connectivity index (χ1n) is 12.2. The molecule has 4 aromatic rings. The van der Waals surface area contributed by atoms with E-state index in [0.717, 1.165) is 33.2 Å². The minimum Gasteiger partial charge on any atom is -0.497 e. The molecule has 0 bridgehead atoms. The largest absolute Gasteiger partial charge is 0.497 e. The first-order valence-corrected chi connectivity index (χ1v) is 12.2. The number of rotatable bonds is 8. The molecule has 0 aliphatic carbocycles. The molecule has 0 amide bonds. The van der Waals surface area contributed by atoms with Gasteiger partial charge in [-0.05, 0) is 91.6 Å². The maximum absolute atomic E-state index is 15.4. The van der Waals surface area contributed by atoms with Crippen LogP contribution in [0.2, 0.25) is 0 Å². The van der Waals surface area contributed by atoms with Gasteiger partial charge in [-0.25, -0.2) is 9.18 Å². The average molecular weight is 486 g/mol. The maximum Gasteiger partial charge on any atom is 0.338 e. The molecule has 0 heterocycles. The van der Waals surface area contributed by atoms with Crippen LogP contribution < -0.4 is 10.1 Å². The summed E-state index contributed by atoms with van der Waals surface area (Å²) in [5.74, 6) is -0.169. The Balaban J connectivity index is 1.69. The third-order valence-corrected chi connectivity index (χ3v) is 6.32. The van der Waals surface area contributed by atoms with Gasteiger partial charge in [0.05, 0.1) is 18.8 Å². The van der Waals surface area contributed by atoms with Crippen LogP contribution in [-0.2, 0) is 4.74 Å². The first kappa shape index (κ1) is 25.4. The van der Waals surface area contributed by atoms with Crippen LogP contribution >= 0.6 is 0 Å². The zero-order valence-corrected chi connectivity index (χ0v) is 21.3. The minimum atomic E-state index is -0.529. The van der Waals surface area contributed by atoms with E-state index >= 15 is 4.39 Å². The van der Waals surface area contributed by atoms with Crippen LogP contribution in [0.5, 0.6) is 5.75 Å². The normalized spacial score (nSPS) is 13.0. The van der Waals surface area contributed by atoms with Gasteiger partial charge in [-0.3, -0.25) is 0 Å². The van der Waals surface area contributed by atoms with E-state index < -0.39 is 11.8 Å². The Morgan fingerprint density at radius 2 is 1.56 bits per heavy atom. The van der Waals surface area contributed by atoms with Crippen LogP contribution in [-0.4, -0.2) is 19.2 Å². The van der Waals surface area contributed by atoms with Gasteiger partial charge in [0.2, 0.25) is 0 Å². The van der Waals surface area contributed by atoms with E-state index in [-0.39, 0.29) is 23.8 Å². The van der Waals surface area contributed by atoms with Crippen molar-refractivity contribution in [2.24, 2.45) is 0 Å². The molecule has 0 saturated carbocycles. The fourth-order valence-electron chi connectivity index (χ4n) is 4.43. The summed E-state index contributed by atoms with van der Waals surface area (Å²) in [7, 11) is 1.66. The number of hydrogen-bond acceptors (Lipinski definition) is 4. The molecule has 0 aliphatic heterocycles.